The van der Waals surface area contributed by atoms with E-state index in [4.69, 9.17) is 29.5 Å². The second kappa shape index (κ2) is 47.8. The Kier molecular flexibility index (Phi) is 48.6. The number of hydrogen-bond donors (Lipinski definition) is 6. The van der Waals surface area contributed by atoms with Gasteiger partial charge in [-0.2, -0.15) is 0 Å². The number of aromatic nitrogens is 2. The quantitative estimate of drug-likeness (QED) is 0.0240. The van der Waals surface area contributed by atoms with Gasteiger partial charge in [-0.15, -0.1) is 36.5 Å². The number of rotatable bonds is 22. The molecule has 0 radical (unpaired) electrons. The molecular weight excluding hydrogens is 1010 g/mol. The fraction of sp³-hybridized carbons (Fsp3) is 0.610. The van der Waals surface area contributed by atoms with Gasteiger partial charge in [0.15, 0.2) is 5.13 Å². The lowest BCUT2D eigenvalue weighted by molar-refractivity contribution is -0.134. The number of carboxylic acid groups (broad SMARTS) is 1. The van der Waals surface area contributed by atoms with E-state index >= 15 is 0 Å². The van der Waals surface area contributed by atoms with Crippen LogP contribution < -0.4 is 30.7 Å². The molecule has 16 nitrogen and oxygen atoms in total. The second-order valence-corrected chi connectivity index (χ2v) is 21.8. The molecule has 4 unspecified atom stereocenters. The molecule has 77 heavy (non-hydrogen) atoms. The van der Waals surface area contributed by atoms with E-state index in [9.17, 15) is 13.8 Å². The van der Waals surface area contributed by atoms with Crippen LogP contribution in [-0.2, 0) is 25.4 Å². The molecule has 0 spiro atoms. The van der Waals surface area contributed by atoms with Crippen molar-refractivity contribution < 1.29 is 38.3 Å². The number of carbonyl (C=O) groups is 3. The predicted octanol–water partition coefficient (Wildman–Crippen LogP) is 10.8. The summed E-state index contributed by atoms with van der Waals surface area (Å²) < 4.78 is 24.9. The molecule has 5 atom stereocenters. The number of pyridine rings is 1. The van der Waals surface area contributed by atoms with Crippen molar-refractivity contribution in [3.05, 3.63) is 52.8 Å². The van der Waals surface area contributed by atoms with Crippen molar-refractivity contribution >= 4 is 56.6 Å². The average molecular weight is 1120 g/mol. The molecule has 18 heteroatoms. The number of aliphatic hydroxyl groups is 1. The molecule has 1 fully saturated rings. The van der Waals surface area contributed by atoms with Gasteiger partial charge in [0.25, 0.3) is 5.97 Å². The number of carboxylic acids is 1. The minimum Gasteiger partial charge on any atom is -0.497 e. The monoisotopic (exact) mass is 1110 g/mol. The molecule has 0 bridgehead atoms. The zero-order valence-corrected chi connectivity index (χ0v) is 52.2. The molecule has 6 N–H and O–H groups in total. The number of likely N-dealkylation sites (tertiary alicyclic amines) is 1. The lowest BCUT2D eigenvalue weighted by atomic mass is 9.87. The number of ether oxygens (including phenoxy) is 2. The zero-order chi connectivity index (χ0) is 60.1. The molecule has 1 aliphatic rings. The highest BCUT2D eigenvalue weighted by Crippen LogP contribution is 2.33. The molecule has 0 saturated carbocycles. The number of likely N-dealkylation sites (N-methyl/N-ethyl adjacent to an activating group) is 2. The van der Waals surface area contributed by atoms with E-state index in [1.165, 1.54) is 38.5 Å². The Labute approximate surface area is 473 Å². The van der Waals surface area contributed by atoms with Crippen molar-refractivity contribution in [2.75, 3.05) is 67.4 Å². The Hall–Kier alpha value is -5.34. The molecule has 438 valence electrons. The zero-order valence-electron chi connectivity index (χ0n) is 50.5. The summed E-state index contributed by atoms with van der Waals surface area (Å²) in [6, 6.07) is 9.34. The molecule has 4 rings (SSSR count). The van der Waals surface area contributed by atoms with Gasteiger partial charge in [0.2, 0.25) is 12.3 Å². The van der Waals surface area contributed by atoms with Crippen LogP contribution in [0.2, 0.25) is 0 Å². The molecule has 1 saturated heterocycles. The Morgan fingerprint density at radius 3 is 2.08 bits per heavy atom. The van der Waals surface area contributed by atoms with E-state index in [1.54, 1.807) is 32.5 Å². The number of terminal acetylenes is 2. The second-order valence-electron chi connectivity index (χ2n) is 19.1. The number of aliphatic hydroxyl groups excluding tert-OH is 1. The number of carbonyl (C=O) groups excluding carboxylic acids is 2. The van der Waals surface area contributed by atoms with Crippen molar-refractivity contribution in [1.29, 1.82) is 0 Å². The third-order valence-corrected chi connectivity index (χ3v) is 13.8. The van der Waals surface area contributed by atoms with Gasteiger partial charge in [-0.3, -0.25) is 14.4 Å². The van der Waals surface area contributed by atoms with E-state index in [-0.39, 0.29) is 17.9 Å². The highest BCUT2D eigenvalue weighted by Gasteiger charge is 2.26. The predicted molar refractivity (Wildman–Crippen MR) is 328 cm³/mol. The van der Waals surface area contributed by atoms with Crippen LogP contribution in [0, 0.1) is 36.5 Å². The fourth-order valence-electron chi connectivity index (χ4n) is 7.11. The van der Waals surface area contributed by atoms with E-state index in [0.29, 0.717) is 30.6 Å². The summed E-state index contributed by atoms with van der Waals surface area (Å²) in [5.41, 5.74) is 2.59. The first-order chi connectivity index (χ1) is 36.5. The number of nitrogens with one attached hydrogen (secondary N) is 4. The van der Waals surface area contributed by atoms with Crippen molar-refractivity contribution in [3.8, 4) is 48.1 Å². The molecule has 2 amide bonds. The van der Waals surface area contributed by atoms with E-state index < -0.39 is 17.0 Å². The fourth-order valence-corrected chi connectivity index (χ4v) is 8.93. The first-order valence-electron chi connectivity index (χ1n) is 26.3. The third kappa shape index (κ3) is 36.4. The number of allylic oxidation sites excluding steroid dienone is 4. The van der Waals surface area contributed by atoms with Gasteiger partial charge >= 0.3 is 0 Å². The van der Waals surface area contributed by atoms with E-state index in [0.717, 1.165) is 89.7 Å². The van der Waals surface area contributed by atoms with Gasteiger partial charge in [-0.05, 0) is 111 Å². The Bertz CT molecular complexity index is 2160. The van der Waals surface area contributed by atoms with Gasteiger partial charge in [-0.25, -0.2) is 18.5 Å². The number of anilines is 1. The third-order valence-electron chi connectivity index (χ3n) is 11.6. The maximum atomic E-state index is 12.2. The Morgan fingerprint density at radius 2 is 1.61 bits per heavy atom. The standard InChI is InChI=1S/C17H19N3O2S.C14H28N2OS.C12H27N.C8H14N2O2.C3H4.C2H4O2.C2H2.CH4O/c1-10(2)18-17-20-15(9-23-17)14-8-16(22-4)12-6-5-11(21-3)7-13(12)19-14;1-8-9-10-12(2)18(17)16(7)11-13(15-6)14(3,4)5;1-5-6-7-8-9-10-11(2)12(3)13-4;1-7-3-2-4-10(7)8(12)5-9-6-11;1-3-2;1-2(3)4;2*1-2/h5-10H,1-4H3,(H,18,20);8-10,13,15H,11H2,1-7H3;11-13H,5-10H2,1-4H3;6-7H,2-5H2,1H3,(H,9,11);1H,2H3;1H3,(H,3,4);1-2H;2H,1H3/b;9-8-,12-10+;;;;;;/t;;;7-;;;;/m...1..../s1. The number of fused-ring (bicyclic) bond motifs is 1. The van der Waals surface area contributed by atoms with Crippen LogP contribution in [0.25, 0.3) is 22.3 Å². The molecule has 3 heterocycles. The summed E-state index contributed by atoms with van der Waals surface area (Å²) in [6.45, 7) is 28.0. The molecule has 3 aromatic rings. The van der Waals surface area contributed by atoms with Crippen LogP contribution in [0.4, 0.5) is 5.13 Å². The Morgan fingerprint density at radius 1 is 1.01 bits per heavy atom. The summed E-state index contributed by atoms with van der Waals surface area (Å²) in [5.74, 6) is 3.81. The Balaban J connectivity index is -0.000000445. The van der Waals surface area contributed by atoms with Crippen LogP contribution in [-0.4, -0.2) is 138 Å². The normalized spacial score (nSPS) is 14.0. The van der Waals surface area contributed by atoms with Crippen LogP contribution >= 0.6 is 11.3 Å². The molecule has 2 aromatic heterocycles. The van der Waals surface area contributed by atoms with Gasteiger partial charge in [0, 0.05) is 86.1 Å². The summed E-state index contributed by atoms with van der Waals surface area (Å²) in [7, 11) is 9.15. The van der Waals surface area contributed by atoms with Crippen molar-refractivity contribution in [3.63, 3.8) is 0 Å². The van der Waals surface area contributed by atoms with E-state index in [1.807, 2.05) is 91.9 Å². The van der Waals surface area contributed by atoms with E-state index in [2.05, 4.69) is 114 Å². The molecular formula is C59H102N8O8S2. The lowest BCUT2D eigenvalue weighted by Gasteiger charge is -2.33. The minimum absolute atomic E-state index is 0.0205. The highest BCUT2D eigenvalue weighted by atomic mass is 32.2. The summed E-state index contributed by atoms with van der Waals surface area (Å²) in [4.78, 5) is 42.2. The summed E-state index contributed by atoms with van der Waals surface area (Å²) in [5, 5.41) is 30.6. The van der Waals surface area contributed by atoms with Crippen LogP contribution in [0.1, 0.15) is 141 Å². The van der Waals surface area contributed by atoms with Crippen molar-refractivity contribution in [1.82, 2.24) is 35.1 Å². The molecule has 1 aliphatic heterocycles. The van der Waals surface area contributed by atoms with Crippen LogP contribution in [0.3, 0.4) is 0 Å². The van der Waals surface area contributed by atoms with Gasteiger partial charge in [-0.1, -0.05) is 78.9 Å². The van der Waals surface area contributed by atoms with Gasteiger partial charge in [0.1, 0.15) is 28.2 Å². The first-order valence-corrected chi connectivity index (χ1v) is 28.3. The average Bonchev–Trinajstić information content (AvgIpc) is 4.07. The van der Waals surface area contributed by atoms with Gasteiger partial charge < -0.3 is 45.9 Å². The van der Waals surface area contributed by atoms with Crippen LogP contribution in [0.15, 0.2) is 52.8 Å². The SMILES string of the molecule is C#C.C#CC.C/C=C\C=C(/C)S(=O)N(C)CC(NC)C(C)(C)C.CC(=O)O.CCCCCCCC(C)C(C)NC.CO.COc1ccc2c(OC)cc(-c3csc(NC(C)C)n3)nc2c1.C[C@@H]1CCCN1C(=O)CNC=O. The number of amides is 2. The topological polar surface area (TPSA) is 208 Å². The number of hydrogen-bond acceptors (Lipinski definition) is 13. The number of benzene rings is 1. The smallest absolute Gasteiger partial charge is 0.300 e. The number of aliphatic carboxylic acids is 1. The maximum absolute atomic E-state index is 12.2. The minimum atomic E-state index is -1.06. The summed E-state index contributed by atoms with van der Waals surface area (Å²) >= 11 is 1.57. The largest absolute Gasteiger partial charge is 0.497 e. The van der Waals surface area contributed by atoms with Crippen LogP contribution in [0.5, 0.6) is 11.5 Å². The number of nitrogens with zero attached hydrogens (tertiary/aromatic N) is 4. The number of methoxy groups -OCH3 is 2. The number of thiazole rings is 1. The van der Waals surface area contributed by atoms with Crippen molar-refractivity contribution in [2.24, 2.45) is 11.3 Å². The molecule has 0 aliphatic carbocycles. The first kappa shape index (κ1) is 78.2. The lowest BCUT2D eigenvalue weighted by Crippen LogP contribution is -2.46. The van der Waals surface area contributed by atoms with Crippen molar-refractivity contribution in [2.45, 2.75) is 166 Å². The number of unbranched alkanes of at least 4 members (excludes halogenated alkanes) is 4. The maximum Gasteiger partial charge on any atom is 0.300 e. The summed E-state index contributed by atoms with van der Waals surface area (Å²) in [6.07, 6.45) is 29.5. The van der Waals surface area contributed by atoms with Gasteiger partial charge in [0.05, 0.1) is 32.0 Å². The molecule has 1 aromatic carbocycles. The highest BCUT2D eigenvalue weighted by molar-refractivity contribution is 7.86.